The summed E-state index contributed by atoms with van der Waals surface area (Å²) in [5.74, 6) is -0.703. The van der Waals surface area contributed by atoms with E-state index >= 15 is 0 Å². The molecule has 5 nitrogen and oxygen atoms in total. The molecule has 0 saturated carbocycles. The van der Waals surface area contributed by atoms with Gasteiger partial charge in [-0.3, -0.25) is 9.78 Å². The van der Waals surface area contributed by atoms with E-state index < -0.39 is 5.97 Å². The predicted molar refractivity (Wildman–Crippen MR) is 96.6 cm³/mol. The average Bonchev–Trinajstić information content (AvgIpc) is 2.64. The summed E-state index contributed by atoms with van der Waals surface area (Å²) in [6.07, 6.45) is 4.68. The highest BCUT2D eigenvalue weighted by Gasteiger charge is 2.24. The van der Waals surface area contributed by atoms with E-state index in [9.17, 15) is 9.59 Å². The Morgan fingerprint density at radius 1 is 1.24 bits per heavy atom. The number of rotatable bonds is 5. The lowest BCUT2D eigenvalue weighted by molar-refractivity contribution is -0.124. The molecule has 1 aromatic carbocycles. The van der Waals surface area contributed by atoms with Crippen LogP contribution in [0.25, 0.3) is 10.9 Å². The number of esters is 1. The number of benzene rings is 1. The van der Waals surface area contributed by atoms with Crippen LogP contribution < -0.4 is 5.32 Å². The molecule has 1 heterocycles. The van der Waals surface area contributed by atoms with Crippen LogP contribution in [0.4, 0.5) is 0 Å². The lowest BCUT2D eigenvalue weighted by Gasteiger charge is -2.20. The Hall–Kier alpha value is -2.43. The van der Waals surface area contributed by atoms with Crippen LogP contribution in [-0.4, -0.2) is 29.5 Å². The molecule has 0 aliphatic heterocycles. The fourth-order valence-corrected chi connectivity index (χ4v) is 3.23. The summed E-state index contributed by atoms with van der Waals surface area (Å²) >= 11 is 0. The van der Waals surface area contributed by atoms with E-state index in [2.05, 4.69) is 5.32 Å². The van der Waals surface area contributed by atoms with Gasteiger partial charge in [-0.25, -0.2) is 4.79 Å². The molecule has 132 valence electrons. The van der Waals surface area contributed by atoms with Crippen LogP contribution in [0.1, 0.15) is 54.7 Å². The van der Waals surface area contributed by atoms with Crippen LogP contribution in [-0.2, 0) is 22.4 Å². The summed E-state index contributed by atoms with van der Waals surface area (Å²) in [4.78, 5) is 29.4. The van der Waals surface area contributed by atoms with E-state index in [0.29, 0.717) is 5.56 Å². The summed E-state index contributed by atoms with van der Waals surface area (Å²) in [6, 6.07) is 7.69. The average molecular weight is 340 g/mol. The van der Waals surface area contributed by atoms with Gasteiger partial charge in [0.05, 0.1) is 11.1 Å². The molecule has 5 heteroatoms. The van der Waals surface area contributed by atoms with Gasteiger partial charge in [-0.1, -0.05) is 25.1 Å². The second-order valence-corrected chi connectivity index (χ2v) is 6.59. The first kappa shape index (κ1) is 17.4. The van der Waals surface area contributed by atoms with Gasteiger partial charge >= 0.3 is 5.97 Å². The second kappa shape index (κ2) is 7.64. The Morgan fingerprint density at radius 3 is 2.80 bits per heavy atom. The number of aromatic nitrogens is 1. The first-order valence-corrected chi connectivity index (χ1v) is 8.97. The van der Waals surface area contributed by atoms with Crippen molar-refractivity contribution in [1.82, 2.24) is 10.3 Å². The van der Waals surface area contributed by atoms with Gasteiger partial charge < -0.3 is 10.1 Å². The lowest BCUT2D eigenvalue weighted by Crippen LogP contribution is -2.35. The fraction of sp³-hybridized carbons (Fsp3) is 0.450. The molecule has 0 bridgehead atoms. The fourth-order valence-electron chi connectivity index (χ4n) is 3.23. The van der Waals surface area contributed by atoms with Gasteiger partial charge in [0.15, 0.2) is 6.61 Å². The quantitative estimate of drug-likeness (QED) is 0.849. The molecule has 1 N–H and O–H groups in total. The van der Waals surface area contributed by atoms with Crippen molar-refractivity contribution < 1.29 is 14.3 Å². The first-order chi connectivity index (χ1) is 12.1. The maximum absolute atomic E-state index is 12.8. The van der Waals surface area contributed by atoms with Crippen molar-refractivity contribution in [2.45, 2.75) is 52.0 Å². The summed E-state index contributed by atoms with van der Waals surface area (Å²) in [7, 11) is 0. The smallest absolute Gasteiger partial charge is 0.339 e. The van der Waals surface area contributed by atoms with E-state index in [4.69, 9.17) is 9.72 Å². The third-order valence-electron chi connectivity index (χ3n) is 4.73. The molecule has 0 fully saturated rings. The van der Waals surface area contributed by atoms with Gasteiger partial charge in [-0.15, -0.1) is 0 Å². The summed E-state index contributed by atoms with van der Waals surface area (Å²) < 4.78 is 5.33. The van der Waals surface area contributed by atoms with Crippen LogP contribution in [0, 0.1) is 0 Å². The standard InChI is InChI=1S/C20H24N2O3/c1-3-13(2)21-18(23)12-25-20(24)19-14-8-4-6-10-16(14)22-17-11-7-5-9-15(17)19/h4,6,8,10,13H,3,5,7,9,11-12H2,1-2H3,(H,21,23). The molecule has 1 aliphatic carbocycles. The maximum atomic E-state index is 12.8. The highest BCUT2D eigenvalue weighted by atomic mass is 16.5. The predicted octanol–water partition coefficient (Wildman–Crippen LogP) is 3.19. The molecule has 0 spiro atoms. The molecule has 0 radical (unpaired) electrons. The number of fused-ring (bicyclic) bond motifs is 2. The van der Waals surface area contributed by atoms with E-state index in [1.165, 1.54) is 0 Å². The minimum atomic E-state index is -0.434. The highest BCUT2D eigenvalue weighted by molar-refractivity contribution is 6.05. The third-order valence-corrected chi connectivity index (χ3v) is 4.73. The number of hydrogen-bond donors (Lipinski definition) is 1. The number of hydrogen-bond acceptors (Lipinski definition) is 4. The topological polar surface area (TPSA) is 68.3 Å². The monoisotopic (exact) mass is 340 g/mol. The Bertz CT molecular complexity index is 801. The van der Waals surface area contributed by atoms with Gasteiger partial charge in [-0.2, -0.15) is 0 Å². The van der Waals surface area contributed by atoms with E-state index in [1.807, 2.05) is 38.1 Å². The Labute approximate surface area is 147 Å². The molecule has 1 atom stereocenters. The number of amides is 1. The molecule has 25 heavy (non-hydrogen) atoms. The molecular formula is C20H24N2O3. The molecule has 1 aromatic heterocycles. The van der Waals surface area contributed by atoms with Crippen molar-refractivity contribution >= 4 is 22.8 Å². The Morgan fingerprint density at radius 2 is 2.00 bits per heavy atom. The number of nitrogens with one attached hydrogen (secondary N) is 1. The number of para-hydroxylation sites is 1. The molecule has 2 aromatic rings. The molecule has 1 unspecified atom stereocenters. The van der Waals surface area contributed by atoms with Crippen molar-refractivity contribution in [3.63, 3.8) is 0 Å². The van der Waals surface area contributed by atoms with Gasteiger partial charge in [0.25, 0.3) is 5.91 Å². The van der Waals surface area contributed by atoms with Gasteiger partial charge in [0, 0.05) is 17.1 Å². The molecule has 3 rings (SSSR count). The number of ether oxygens (including phenoxy) is 1. The first-order valence-electron chi connectivity index (χ1n) is 8.97. The van der Waals surface area contributed by atoms with Crippen molar-refractivity contribution in [2.75, 3.05) is 6.61 Å². The van der Waals surface area contributed by atoms with E-state index in [0.717, 1.165) is 54.3 Å². The summed E-state index contributed by atoms with van der Waals surface area (Å²) in [5, 5.41) is 3.61. The van der Waals surface area contributed by atoms with Crippen molar-refractivity contribution in [3.8, 4) is 0 Å². The number of pyridine rings is 1. The Balaban J connectivity index is 1.86. The normalized spacial score (nSPS) is 14.6. The maximum Gasteiger partial charge on any atom is 0.339 e. The molecular weight excluding hydrogens is 316 g/mol. The number of carbonyl (C=O) groups is 2. The number of aryl methyl sites for hydroxylation is 1. The van der Waals surface area contributed by atoms with Crippen LogP contribution in [0.3, 0.4) is 0 Å². The number of nitrogens with zero attached hydrogens (tertiary/aromatic N) is 1. The molecule has 0 saturated heterocycles. The zero-order chi connectivity index (χ0) is 17.8. The molecule has 1 amide bonds. The zero-order valence-electron chi connectivity index (χ0n) is 14.8. The zero-order valence-corrected chi connectivity index (χ0v) is 14.8. The van der Waals surface area contributed by atoms with Crippen LogP contribution >= 0.6 is 0 Å². The van der Waals surface area contributed by atoms with Crippen LogP contribution in [0.2, 0.25) is 0 Å². The van der Waals surface area contributed by atoms with Crippen molar-refractivity contribution in [1.29, 1.82) is 0 Å². The van der Waals surface area contributed by atoms with Crippen LogP contribution in [0.15, 0.2) is 24.3 Å². The second-order valence-electron chi connectivity index (χ2n) is 6.59. The summed E-state index contributed by atoms with van der Waals surface area (Å²) in [5.41, 5.74) is 3.36. The van der Waals surface area contributed by atoms with Gasteiger partial charge in [0.1, 0.15) is 0 Å². The highest BCUT2D eigenvalue weighted by Crippen LogP contribution is 2.29. The van der Waals surface area contributed by atoms with Crippen LogP contribution in [0.5, 0.6) is 0 Å². The van der Waals surface area contributed by atoms with Gasteiger partial charge in [-0.05, 0) is 50.7 Å². The number of carbonyl (C=O) groups excluding carboxylic acids is 2. The third kappa shape index (κ3) is 3.81. The van der Waals surface area contributed by atoms with Crippen molar-refractivity contribution in [2.24, 2.45) is 0 Å². The minimum Gasteiger partial charge on any atom is -0.452 e. The Kier molecular flexibility index (Phi) is 5.31. The van der Waals surface area contributed by atoms with Gasteiger partial charge in [0.2, 0.25) is 0 Å². The largest absolute Gasteiger partial charge is 0.452 e. The van der Waals surface area contributed by atoms with E-state index in [-0.39, 0.29) is 18.6 Å². The minimum absolute atomic E-state index is 0.0701. The molecule has 1 aliphatic rings. The van der Waals surface area contributed by atoms with E-state index in [1.54, 1.807) is 0 Å². The SMILES string of the molecule is CCC(C)NC(=O)COC(=O)c1c2c(nc3ccccc13)CCCC2. The van der Waals surface area contributed by atoms with Crippen molar-refractivity contribution in [3.05, 3.63) is 41.1 Å². The summed E-state index contributed by atoms with van der Waals surface area (Å²) in [6.45, 7) is 3.66. The lowest BCUT2D eigenvalue weighted by atomic mass is 9.90.